The van der Waals surface area contributed by atoms with Gasteiger partial charge < -0.3 is 0 Å². The summed E-state index contributed by atoms with van der Waals surface area (Å²) in [5, 5.41) is 3.21. The largest absolute Gasteiger partial charge is 0.0984 e. The summed E-state index contributed by atoms with van der Waals surface area (Å²) in [6.45, 7) is 10.5. The average Bonchev–Trinajstić information content (AvgIpc) is 2.27. The third-order valence-electron chi connectivity index (χ3n) is 3.04. The van der Waals surface area contributed by atoms with Gasteiger partial charge in [0, 0.05) is 10.6 Å². The van der Waals surface area contributed by atoms with Crippen LogP contribution in [0.1, 0.15) is 31.9 Å². The van der Waals surface area contributed by atoms with Gasteiger partial charge in [0.05, 0.1) is 0 Å². The second-order valence-electron chi connectivity index (χ2n) is 5.32. The quantitative estimate of drug-likeness (QED) is 0.627. The number of hydrogen-bond donors (Lipinski definition) is 0. The van der Waals surface area contributed by atoms with Crippen LogP contribution in [0.5, 0.6) is 0 Å². The molecule has 0 amide bonds. The fourth-order valence-electron chi connectivity index (χ4n) is 2.21. The molecule has 0 radical (unpaired) electrons. The Kier molecular flexibility index (Phi) is 3.01. The maximum absolute atomic E-state index is 6.25. The van der Waals surface area contributed by atoms with Crippen LogP contribution in [0.2, 0.25) is 5.02 Å². The summed E-state index contributed by atoms with van der Waals surface area (Å²) in [7, 11) is 0. The summed E-state index contributed by atoms with van der Waals surface area (Å²) in [4.78, 5) is 0. The van der Waals surface area contributed by atoms with Crippen molar-refractivity contribution in [2.24, 2.45) is 0 Å². The van der Waals surface area contributed by atoms with E-state index in [-0.39, 0.29) is 5.41 Å². The van der Waals surface area contributed by atoms with Gasteiger partial charge >= 0.3 is 0 Å². The van der Waals surface area contributed by atoms with Gasteiger partial charge in [-0.25, -0.2) is 0 Å². The van der Waals surface area contributed by atoms with Crippen molar-refractivity contribution in [3.05, 3.63) is 53.1 Å². The Balaban J connectivity index is 2.95. The van der Waals surface area contributed by atoms with Crippen LogP contribution >= 0.6 is 11.6 Å². The molecule has 0 heterocycles. The number of halogens is 1. The highest BCUT2D eigenvalue weighted by atomic mass is 35.5. The topological polar surface area (TPSA) is 0 Å². The molecular formula is C16H17Cl. The molecule has 0 aliphatic heterocycles. The summed E-state index contributed by atoms with van der Waals surface area (Å²) >= 11 is 6.25. The second kappa shape index (κ2) is 4.19. The number of hydrogen-bond acceptors (Lipinski definition) is 0. The third kappa shape index (κ3) is 2.10. The van der Waals surface area contributed by atoms with Gasteiger partial charge in [-0.1, -0.05) is 69.3 Å². The van der Waals surface area contributed by atoms with Crippen molar-refractivity contribution in [2.75, 3.05) is 0 Å². The van der Waals surface area contributed by atoms with E-state index < -0.39 is 0 Å². The zero-order valence-corrected chi connectivity index (χ0v) is 11.3. The Morgan fingerprint density at radius 3 is 2.41 bits per heavy atom. The van der Waals surface area contributed by atoms with Crippen LogP contribution in [0.4, 0.5) is 0 Å². The molecule has 0 unspecified atom stereocenters. The Morgan fingerprint density at radius 1 is 1.12 bits per heavy atom. The highest BCUT2D eigenvalue weighted by Gasteiger charge is 2.18. The molecule has 0 spiro atoms. The van der Waals surface area contributed by atoms with Gasteiger partial charge in [0.15, 0.2) is 0 Å². The van der Waals surface area contributed by atoms with E-state index >= 15 is 0 Å². The highest BCUT2D eigenvalue weighted by molar-refractivity contribution is 6.33. The molecule has 1 heteroatoms. The lowest BCUT2D eigenvalue weighted by atomic mass is 9.82. The van der Waals surface area contributed by atoms with E-state index in [9.17, 15) is 0 Å². The molecule has 0 saturated heterocycles. The van der Waals surface area contributed by atoms with Gasteiger partial charge in [-0.2, -0.15) is 0 Å². The molecule has 88 valence electrons. The molecule has 0 atom stereocenters. The van der Waals surface area contributed by atoms with Gasteiger partial charge in [0.25, 0.3) is 0 Å². The van der Waals surface area contributed by atoms with Crippen molar-refractivity contribution in [1.29, 1.82) is 0 Å². The predicted octanol–water partition coefficient (Wildman–Crippen LogP) is 5.43. The Morgan fingerprint density at radius 2 is 1.82 bits per heavy atom. The smallest absolute Gasteiger partial charge is 0.0484 e. The summed E-state index contributed by atoms with van der Waals surface area (Å²) < 4.78 is 0. The molecule has 0 fully saturated rings. The first-order valence-electron chi connectivity index (χ1n) is 5.79. The molecular weight excluding hydrogens is 228 g/mol. The number of rotatable bonds is 1. The first-order chi connectivity index (χ1) is 7.95. The number of fused-ring (bicyclic) bond motifs is 1. The fourth-order valence-corrected chi connectivity index (χ4v) is 2.44. The van der Waals surface area contributed by atoms with Gasteiger partial charge in [0.1, 0.15) is 0 Å². The molecule has 0 nitrogen and oxygen atoms in total. The van der Waals surface area contributed by atoms with E-state index in [1.54, 1.807) is 0 Å². The Labute approximate surface area is 108 Å². The van der Waals surface area contributed by atoms with Crippen LogP contribution in [-0.2, 0) is 5.41 Å². The summed E-state index contributed by atoms with van der Waals surface area (Å²) in [6.07, 6.45) is 1.85. The Hall–Kier alpha value is -1.27. The monoisotopic (exact) mass is 244 g/mol. The van der Waals surface area contributed by atoms with Gasteiger partial charge in [-0.3, -0.25) is 0 Å². The molecule has 0 aliphatic carbocycles. The van der Waals surface area contributed by atoms with E-state index in [0.29, 0.717) is 0 Å². The van der Waals surface area contributed by atoms with E-state index in [4.69, 9.17) is 11.6 Å². The highest BCUT2D eigenvalue weighted by Crippen LogP contribution is 2.35. The minimum absolute atomic E-state index is 0.0992. The van der Waals surface area contributed by atoms with Crippen LogP contribution in [0.3, 0.4) is 0 Å². The SMILES string of the molecule is C=Cc1c(Cl)ccc2cccc(C(C)(C)C)c12. The van der Waals surface area contributed by atoms with Crippen molar-refractivity contribution in [2.45, 2.75) is 26.2 Å². The molecule has 2 rings (SSSR count). The van der Waals surface area contributed by atoms with Gasteiger partial charge in [0.2, 0.25) is 0 Å². The van der Waals surface area contributed by atoms with E-state index in [2.05, 4.69) is 51.6 Å². The van der Waals surface area contributed by atoms with Crippen LogP contribution in [0.15, 0.2) is 36.9 Å². The maximum atomic E-state index is 6.25. The number of benzene rings is 2. The molecule has 2 aromatic carbocycles. The van der Waals surface area contributed by atoms with E-state index in [1.165, 1.54) is 16.3 Å². The molecule has 0 aliphatic rings. The molecule has 0 aromatic heterocycles. The van der Waals surface area contributed by atoms with Crippen LogP contribution < -0.4 is 0 Å². The molecule has 0 saturated carbocycles. The first kappa shape index (κ1) is 12.2. The third-order valence-corrected chi connectivity index (χ3v) is 3.37. The van der Waals surface area contributed by atoms with Crippen LogP contribution in [-0.4, -0.2) is 0 Å². The van der Waals surface area contributed by atoms with Crippen LogP contribution in [0.25, 0.3) is 16.8 Å². The zero-order valence-electron chi connectivity index (χ0n) is 10.5. The van der Waals surface area contributed by atoms with Crippen molar-refractivity contribution >= 4 is 28.4 Å². The van der Waals surface area contributed by atoms with Crippen molar-refractivity contribution in [3.8, 4) is 0 Å². The molecule has 2 aromatic rings. The lowest BCUT2D eigenvalue weighted by Gasteiger charge is -2.22. The fraction of sp³-hybridized carbons (Fsp3) is 0.250. The Bertz CT molecular complexity index is 574. The second-order valence-corrected chi connectivity index (χ2v) is 5.73. The molecule has 0 bridgehead atoms. The lowest BCUT2D eigenvalue weighted by Crippen LogP contribution is -2.12. The normalized spacial score (nSPS) is 11.8. The lowest BCUT2D eigenvalue weighted by molar-refractivity contribution is 0.596. The predicted molar refractivity (Wildman–Crippen MR) is 77.7 cm³/mol. The first-order valence-corrected chi connectivity index (χ1v) is 6.17. The van der Waals surface area contributed by atoms with E-state index in [1.807, 2.05) is 12.1 Å². The minimum atomic E-state index is 0.0992. The van der Waals surface area contributed by atoms with Crippen molar-refractivity contribution in [3.63, 3.8) is 0 Å². The molecule has 0 N–H and O–H groups in total. The van der Waals surface area contributed by atoms with E-state index in [0.717, 1.165) is 10.6 Å². The minimum Gasteiger partial charge on any atom is -0.0984 e. The van der Waals surface area contributed by atoms with Crippen molar-refractivity contribution < 1.29 is 0 Å². The summed E-state index contributed by atoms with van der Waals surface area (Å²) in [5.74, 6) is 0. The van der Waals surface area contributed by atoms with Crippen molar-refractivity contribution in [1.82, 2.24) is 0 Å². The average molecular weight is 245 g/mol. The summed E-state index contributed by atoms with van der Waals surface area (Å²) in [5.41, 5.74) is 2.45. The maximum Gasteiger partial charge on any atom is 0.0484 e. The summed E-state index contributed by atoms with van der Waals surface area (Å²) in [6, 6.07) is 10.4. The van der Waals surface area contributed by atoms with Gasteiger partial charge in [-0.15, -0.1) is 0 Å². The standard InChI is InChI=1S/C16H17Cl/c1-5-12-14(17)10-9-11-7-6-8-13(15(11)12)16(2,3)4/h5-10H,1H2,2-4H3. The van der Waals surface area contributed by atoms with Crippen LogP contribution in [0, 0.1) is 0 Å². The molecule has 17 heavy (non-hydrogen) atoms. The van der Waals surface area contributed by atoms with Gasteiger partial charge in [-0.05, 0) is 27.8 Å². The zero-order chi connectivity index (χ0) is 12.6.